The van der Waals surface area contributed by atoms with Crippen LogP contribution < -0.4 is 4.90 Å². The molecule has 2 aromatic carbocycles. The Hall–Kier alpha value is -3.53. The van der Waals surface area contributed by atoms with Crippen molar-refractivity contribution in [3.05, 3.63) is 95.3 Å². The highest BCUT2D eigenvalue weighted by Crippen LogP contribution is 2.34. The standard InChI is InChI=1S/C22H16N2O2/c1-15-7-2-5-11-20(15)24-21(25)18-10-4-3-9-17(18)19(22(24)26)13-16-8-6-12-23-14-16/h2-14H,1H3/b19-13-. The predicted molar refractivity (Wildman–Crippen MR) is 102 cm³/mol. The molecular formula is C22H16N2O2. The highest BCUT2D eigenvalue weighted by Gasteiger charge is 2.36. The lowest BCUT2D eigenvalue weighted by Crippen LogP contribution is -2.42. The predicted octanol–water partition coefficient (Wildman–Crippen LogP) is 4.12. The number of carbonyl (C=O) groups excluding carboxylic acids is 2. The number of amides is 2. The number of hydrogen-bond donors (Lipinski definition) is 0. The molecule has 1 aliphatic heterocycles. The largest absolute Gasteiger partial charge is 0.268 e. The summed E-state index contributed by atoms with van der Waals surface area (Å²) in [7, 11) is 0. The molecule has 126 valence electrons. The molecule has 2 heterocycles. The molecule has 4 rings (SSSR count). The van der Waals surface area contributed by atoms with E-state index in [1.54, 1.807) is 30.6 Å². The van der Waals surface area contributed by atoms with Gasteiger partial charge in [-0.1, -0.05) is 42.5 Å². The lowest BCUT2D eigenvalue weighted by Gasteiger charge is -2.29. The Kier molecular flexibility index (Phi) is 3.93. The van der Waals surface area contributed by atoms with Crippen LogP contribution in [0.2, 0.25) is 0 Å². The van der Waals surface area contributed by atoms with Crippen LogP contribution in [-0.4, -0.2) is 16.8 Å². The highest BCUT2D eigenvalue weighted by molar-refractivity contribution is 6.43. The maximum absolute atomic E-state index is 13.3. The Morgan fingerprint density at radius 1 is 0.846 bits per heavy atom. The lowest BCUT2D eigenvalue weighted by molar-refractivity contribution is -0.112. The Morgan fingerprint density at radius 2 is 1.58 bits per heavy atom. The number of imide groups is 1. The number of carbonyl (C=O) groups is 2. The fourth-order valence-electron chi connectivity index (χ4n) is 3.15. The molecule has 26 heavy (non-hydrogen) atoms. The van der Waals surface area contributed by atoms with Crippen molar-refractivity contribution in [3.63, 3.8) is 0 Å². The molecule has 1 aromatic heterocycles. The maximum Gasteiger partial charge on any atom is 0.265 e. The van der Waals surface area contributed by atoms with Crippen LogP contribution in [0.25, 0.3) is 11.6 Å². The highest BCUT2D eigenvalue weighted by atomic mass is 16.2. The van der Waals surface area contributed by atoms with Crippen LogP contribution in [0, 0.1) is 6.92 Å². The van der Waals surface area contributed by atoms with Crippen LogP contribution in [0.3, 0.4) is 0 Å². The Bertz CT molecular complexity index is 1040. The van der Waals surface area contributed by atoms with Crippen LogP contribution in [0.5, 0.6) is 0 Å². The normalized spacial score (nSPS) is 15.3. The van der Waals surface area contributed by atoms with E-state index < -0.39 is 0 Å². The summed E-state index contributed by atoms with van der Waals surface area (Å²) in [6.07, 6.45) is 5.16. The molecule has 0 radical (unpaired) electrons. The van der Waals surface area contributed by atoms with Crippen molar-refractivity contribution in [1.82, 2.24) is 4.98 Å². The summed E-state index contributed by atoms with van der Waals surface area (Å²) >= 11 is 0. The molecule has 0 spiro atoms. The zero-order valence-corrected chi connectivity index (χ0v) is 14.2. The lowest BCUT2D eigenvalue weighted by atomic mass is 9.91. The average molecular weight is 340 g/mol. The zero-order chi connectivity index (χ0) is 18.1. The first-order valence-corrected chi connectivity index (χ1v) is 8.32. The van der Waals surface area contributed by atoms with Crippen LogP contribution in [0.15, 0.2) is 73.1 Å². The van der Waals surface area contributed by atoms with E-state index in [4.69, 9.17) is 0 Å². The van der Waals surface area contributed by atoms with Crippen LogP contribution in [0.4, 0.5) is 5.69 Å². The maximum atomic E-state index is 13.3. The van der Waals surface area contributed by atoms with Gasteiger partial charge in [-0.3, -0.25) is 14.6 Å². The molecular weight excluding hydrogens is 324 g/mol. The van der Waals surface area contributed by atoms with Crippen LogP contribution >= 0.6 is 0 Å². The monoisotopic (exact) mass is 340 g/mol. The second kappa shape index (κ2) is 6.41. The van der Waals surface area contributed by atoms with E-state index in [0.29, 0.717) is 22.4 Å². The summed E-state index contributed by atoms with van der Waals surface area (Å²) in [5, 5.41) is 0. The van der Waals surface area contributed by atoms with Crippen molar-refractivity contribution in [3.8, 4) is 0 Å². The first kappa shape index (κ1) is 16.0. The number of pyridine rings is 1. The van der Waals surface area contributed by atoms with Gasteiger partial charge in [0, 0.05) is 23.5 Å². The van der Waals surface area contributed by atoms with Crippen molar-refractivity contribution in [2.24, 2.45) is 0 Å². The number of aromatic nitrogens is 1. The smallest absolute Gasteiger partial charge is 0.265 e. The Morgan fingerprint density at radius 3 is 2.31 bits per heavy atom. The molecule has 4 heteroatoms. The Balaban J connectivity index is 1.93. The fraction of sp³-hybridized carbons (Fsp3) is 0.0455. The summed E-state index contributed by atoms with van der Waals surface area (Å²) < 4.78 is 0. The number of aryl methyl sites for hydroxylation is 1. The number of rotatable bonds is 2. The summed E-state index contributed by atoms with van der Waals surface area (Å²) in [6, 6.07) is 18.3. The number of fused-ring (bicyclic) bond motifs is 1. The number of hydrogen-bond acceptors (Lipinski definition) is 3. The van der Waals surface area contributed by atoms with Crippen molar-refractivity contribution in [2.75, 3.05) is 4.90 Å². The van der Waals surface area contributed by atoms with Gasteiger partial charge in [0.15, 0.2) is 0 Å². The van der Waals surface area contributed by atoms with E-state index in [0.717, 1.165) is 11.1 Å². The van der Waals surface area contributed by atoms with Crippen molar-refractivity contribution >= 4 is 29.2 Å². The molecule has 0 saturated heterocycles. The van der Waals surface area contributed by atoms with Gasteiger partial charge in [-0.2, -0.15) is 0 Å². The molecule has 3 aromatic rings. The molecule has 4 nitrogen and oxygen atoms in total. The number of anilines is 1. The van der Waals surface area contributed by atoms with Crippen molar-refractivity contribution < 1.29 is 9.59 Å². The molecule has 0 fully saturated rings. The molecule has 0 unspecified atom stereocenters. The third kappa shape index (κ3) is 2.62. The van der Waals surface area contributed by atoms with E-state index in [9.17, 15) is 9.59 Å². The minimum atomic E-state index is -0.327. The minimum absolute atomic E-state index is 0.303. The molecule has 0 saturated carbocycles. The summed E-state index contributed by atoms with van der Waals surface area (Å²) in [6.45, 7) is 1.89. The van der Waals surface area contributed by atoms with Gasteiger partial charge in [0.25, 0.3) is 11.8 Å². The van der Waals surface area contributed by atoms with Crippen molar-refractivity contribution in [1.29, 1.82) is 0 Å². The van der Waals surface area contributed by atoms with Crippen LogP contribution in [0.1, 0.15) is 27.0 Å². The van der Waals surface area contributed by atoms with Crippen LogP contribution in [-0.2, 0) is 4.79 Å². The number of para-hydroxylation sites is 1. The number of nitrogens with zero attached hydrogens (tertiary/aromatic N) is 2. The molecule has 0 N–H and O–H groups in total. The van der Waals surface area contributed by atoms with Gasteiger partial charge in [0.05, 0.1) is 5.69 Å². The topological polar surface area (TPSA) is 50.3 Å². The zero-order valence-electron chi connectivity index (χ0n) is 14.2. The van der Waals surface area contributed by atoms with E-state index in [-0.39, 0.29) is 11.8 Å². The van der Waals surface area contributed by atoms with Gasteiger partial charge < -0.3 is 0 Å². The molecule has 0 aliphatic carbocycles. The van der Waals surface area contributed by atoms with E-state index in [2.05, 4.69) is 4.98 Å². The first-order chi connectivity index (χ1) is 12.7. The van der Waals surface area contributed by atoms with Gasteiger partial charge in [0.1, 0.15) is 0 Å². The van der Waals surface area contributed by atoms with Gasteiger partial charge in [-0.05, 0) is 47.9 Å². The quantitative estimate of drug-likeness (QED) is 0.521. The van der Waals surface area contributed by atoms with Gasteiger partial charge in [-0.25, -0.2) is 4.90 Å². The first-order valence-electron chi connectivity index (χ1n) is 8.32. The molecule has 0 atom stereocenters. The SMILES string of the molecule is Cc1ccccc1N1C(=O)/C(=C\c2cccnc2)c2ccccc2C1=O. The second-order valence-corrected chi connectivity index (χ2v) is 6.12. The van der Waals surface area contributed by atoms with Gasteiger partial charge in [0.2, 0.25) is 0 Å². The fourth-order valence-corrected chi connectivity index (χ4v) is 3.15. The molecule has 0 bridgehead atoms. The third-order valence-electron chi connectivity index (χ3n) is 4.44. The minimum Gasteiger partial charge on any atom is -0.268 e. The summed E-state index contributed by atoms with van der Waals surface area (Å²) in [4.78, 5) is 31.7. The van der Waals surface area contributed by atoms with Crippen molar-refractivity contribution in [2.45, 2.75) is 6.92 Å². The van der Waals surface area contributed by atoms with E-state index >= 15 is 0 Å². The second-order valence-electron chi connectivity index (χ2n) is 6.12. The summed E-state index contributed by atoms with van der Waals surface area (Å²) in [5.41, 5.74) is 3.94. The summed E-state index contributed by atoms with van der Waals surface area (Å²) in [5.74, 6) is -0.630. The average Bonchev–Trinajstić information content (AvgIpc) is 2.67. The Labute approximate surface area is 151 Å². The molecule has 2 amide bonds. The van der Waals surface area contributed by atoms with Gasteiger partial charge in [-0.15, -0.1) is 0 Å². The molecule has 1 aliphatic rings. The third-order valence-corrected chi connectivity index (χ3v) is 4.44. The van der Waals surface area contributed by atoms with Gasteiger partial charge >= 0.3 is 0 Å². The number of benzene rings is 2. The van der Waals surface area contributed by atoms with E-state index in [1.807, 2.05) is 55.5 Å². The van der Waals surface area contributed by atoms with E-state index in [1.165, 1.54) is 4.90 Å².